The van der Waals surface area contributed by atoms with Crippen molar-refractivity contribution in [1.29, 1.82) is 0 Å². The van der Waals surface area contributed by atoms with Gasteiger partial charge >= 0.3 is 0 Å². The highest BCUT2D eigenvalue weighted by atomic mass is 79.9. The first-order valence-electron chi connectivity index (χ1n) is 6.86. The van der Waals surface area contributed by atoms with Crippen molar-refractivity contribution in [2.75, 3.05) is 11.9 Å². The van der Waals surface area contributed by atoms with E-state index in [1.165, 1.54) is 6.07 Å². The highest BCUT2D eigenvalue weighted by molar-refractivity contribution is 9.10. The lowest BCUT2D eigenvalue weighted by atomic mass is 10.1. The van der Waals surface area contributed by atoms with Crippen molar-refractivity contribution < 1.29 is 9.50 Å². The number of anilines is 1. The Hall–Kier alpha value is -1.39. The third kappa shape index (κ3) is 3.44. The van der Waals surface area contributed by atoms with Crippen molar-refractivity contribution in [3.05, 3.63) is 63.9 Å². The molecule has 21 heavy (non-hydrogen) atoms. The summed E-state index contributed by atoms with van der Waals surface area (Å²) in [6.07, 6.45) is -0.510. The van der Waals surface area contributed by atoms with Crippen molar-refractivity contribution in [3.8, 4) is 0 Å². The molecule has 0 aliphatic rings. The molecule has 0 saturated heterocycles. The van der Waals surface area contributed by atoms with Gasteiger partial charge in [0.1, 0.15) is 5.82 Å². The Morgan fingerprint density at radius 2 is 1.81 bits per heavy atom. The average molecular weight is 352 g/mol. The minimum Gasteiger partial charge on any atom is -0.389 e. The van der Waals surface area contributed by atoms with Gasteiger partial charge in [-0.2, -0.15) is 0 Å². The lowest BCUT2D eigenvalue weighted by Gasteiger charge is -2.29. The van der Waals surface area contributed by atoms with E-state index in [9.17, 15) is 9.50 Å². The fraction of sp³-hybridized carbons (Fsp3) is 0.294. The summed E-state index contributed by atoms with van der Waals surface area (Å²) < 4.78 is 14.8. The summed E-state index contributed by atoms with van der Waals surface area (Å²) in [6, 6.07) is 12.4. The van der Waals surface area contributed by atoms with Crippen LogP contribution in [0.2, 0.25) is 0 Å². The molecule has 112 valence electrons. The van der Waals surface area contributed by atoms with Gasteiger partial charge in [0.15, 0.2) is 0 Å². The van der Waals surface area contributed by atoms with Crippen LogP contribution in [0.25, 0.3) is 0 Å². The predicted molar refractivity (Wildman–Crippen MR) is 88.0 cm³/mol. The largest absolute Gasteiger partial charge is 0.389 e. The van der Waals surface area contributed by atoms with Crippen LogP contribution in [-0.4, -0.2) is 12.2 Å². The van der Waals surface area contributed by atoms with Gasteiger partial charge in [-0.3, -0.25) is 0 Å². The summed E-state index contributed by atoms with van der Waals surface area (Å²) in [5.41, 5.74) is 2.46. The summed E-state index contributed by atoms with van der Waals surface area (Å²) in [4.78, 5) is 2.01. The summed E-state index contributed by atoms with van der Waals surface area (Å²) >= 11 is 3.53. The zero-order valence-corrected chi connectivity index (χ0v) is 13.9. The number of nitrogens with zero attached hydrogens (tertiary/aromatic N) is 1. The summed E-state index contributed by atoms with van der Waals surface area (Å²) in [7, 11) is 1.93. The fourth-order valence-corrected chi connectivity index (χ4v) is 2.98. The SMILES string of the molecule is CC(O)c1ccc(N(C)C(C)c2ccccc2F)c(Br)c1. The fourth-order valence-electron chi connectivity index (χ4n) is 2.30. The molecule has 1 N–H and O–H groups in total. The predicted octanol–water partition coefficient (Wildman–Crippen LogP) is 4.84. The standard InChI is InChI=1S/C17H19BrFNO/c1-11(14-6-4-5-7-16(14)19)20(3)17-9-8-13(12(2)21)10-15(17)18/h4-12,21H,1-3H3. The third-order valence-corrected chi connectivity index (χ3v) is 4.41. The Balaban J connectivity index is 2.32. The van der Waals surface area contributed by atoms with E-state index in [2.05, 4.69) is 15.9 Å². The Labute approximate surface area is 133 Å². The molecule has 0 aliphatic heterocycles. The Morgan fingerprint density at radius 3 is 2.38 bits per heavy atom. The molecule has 0 heterocycles. The lowest BCUT2D eigenvalue weighted by Crippen LogP contribution is -2.23. The van der Waals surface area contributed by atoms with E-state index in [1.54, 1.807) is 19.1 Å². The lowest BCUT2D eigenvalue weighted by molar-refractivity contribution is 0.199. The van der Waals surface area contributed by atoms with Crippen LogP contribution in [-0.2, 0) is 0 Å². The first-order valence-corrected chi connectivity index (χ1v) is 7.66. The molecule has 2 unspecified atom stereocenters. The van der Waals surface area contributed by atoms with Crippen LogP contribution in [0.5, 0.6) is 0 Å². The van der Waals surface area contributed by atoms with Crippen LogP contribution in [0.15, 0.2) is 46.9 Å². The van der Waals surface area contributed by atoms with Crippen molar-refractivity contribution in [2.24, 2.45) is 0 Å². The van der Waals surface area contributed by atoms with Gasteiger partial charge in [0.25, 0.3) is 0 Å². The van der Waals surface area contributed by atoms with E-state index in [0.717, 1.165) is 15.7 Å². The van der Waals surface area contributed by atoms with Gasteiger partial charge in [-0.05, 0) is 53.5 Å². The monoisotopic (exact) mass is 351 g/mol. The van der Waals surface area contributed by atoms with Gasteiger partial charge in [-0.15, -0.1) is 0 Å². The van der Waals surface area contributed by atoms with E-state index in [0.29, 0.717) is 5.56 Å². The molecular formula is C17H19BrFNO. The zero-order chi connectivity index (χ0) is 15.6. The van der Waals surface area contributed by atoms with Crippen LogP contribution < -0.4 is 4.90 Å². The molecule has 2 rings (SSSR count). The van der Waals surface area contributed by atoms with Gasteiger partial charge in [0.2, 0.25) is 0 Å². The number of aliphatic hydroxyl groups is 1. The molecule has 4 heteroatoms. The minimum atomic E-state index is -0.510. The average Bonchev–Trinajstić information content (AvgIpc) is 2.46. The van der Waals surface area contributed by atoms with E-state index in [1.807, 2.05) is 43.1 Å². The molecule has 0 aromatic heterocycles. The second kappa shape index (κ2) is 6.58. The van der Waals surface area contributed by atoms with Gasteiger partial charge in [0.05, 0.1) is 17.8 Å². The molecule has 0 aliphatic carbocycles. The molecule has 0 radical (unpaired) electrons. The molecular weight excluding hydrogens is 333 g/mol. The maximum Gasteiger partial charge on any atom is 0.128 e. The maximum atomic E-state index is 13.9. The smallest absolute Gasteiger partial charge is 0.128 e. The van der Waals surface area contributed by atoms with Crippen molar-refractivity contribution in [1.82, 2.24) is 0 Å². The van der Waals surface area contributed by atoms with Crippen LogP contribution in [0.4, 0.5) is 10.1 Å². The number of hydrogen-bond acceptors (Lipinski definition) is 2. The highest BCUT2D eigenvalue weighted by Crippen LogP contribution is 2.34. The Kier molecular flexibility index (Phi) is 5.01. The Bertz CT molecular complexity index is 630. The van der Waals surface area contributed by atoms with Gasteiger partial charge in [-0.1, -0.05) is 24.3 Å². The highest BCUT2D eigenvalue weighted by Gasteiger charge is 2.18. The minimum absolute atomic E-state index is 0.0973. The number of hydrogen-bond donors (Lipinski definition) is 1. The van der Waals surface area contributed by atoms with Crippen LogP contribution in [0.1, 0.15) is 37.1 Å². The van der Waals surface area contributed by atoms with Crippen LogP contribution in [0.3, 0.4) is 0 Å². The first-order chi connectivity index (χ1) is 9.91. The second-order valence-electron chi connectivity index (χ2n) is 5.20. The molecule has 0 saturated carbocycles. The topological polar surface area (TPSA) is 23.5 Å². The van der Waals surface area contributed by atoms with Crippen LogP contribution in [0, 0.1) is 5.82 Å². The van der Waals surface area contributed by atoms with Crippen molar-refractivity contribution in [2.45, 2.75) is 26.0 Å². The molecule has 0 fully saturated rings. The van der Waals surface area contributed by atoms with E-state index >= 15 is 0 Å². The third-order valence-electron chi connectivity index (χ3n) is 3.77. The summed E-state index contributed by atoms with van der Waals surface area (Å²) in [5, 5.41) is 9.62. The van der Waals surface area contributed by atoms with Gasteiger partial charge < -0.3 is 10.0 Å². The van der Waals surface area contributed by atoms with E-state index < -0.39 is 6.10 Å². The normalized spacial score (nSPS) is 13.8. The maximum absolute atomic E-state index is 13.9. The van der Waals surface area contributed by atoms with Crippen molar-refractivity contribution in [3.63, 3.8) is 0 Å². The first kappa shape index (κ1) is 16.0. The number of aliphatic hydroxyl groups excluding tert-OH is 1. The number of halogens is 2. The van der Waals surface area contributed by atoms with E-state index in [4.69, 9.17) is 0 Å². The molecule has 2 atom stereocenters. The van der Waals surface area contributed by atoms with Crippen LogP contribution >= 0.6 is 15.9 Å². The van der Waals surface area contributed by atoms with Crippen molar-refractivity contribution >= 4 is 21.6 Å². The molecule has 0 bridgehead atoms. The van der Waals surface area contributed by atoms with Gasteiger partial charge in [0, 0.05) is 17.1 Å². The molecule has 0 spiro atoms. The Morgan fingerprint density at radius 1 is 1.14 bits per heavy atom. The molecule has 2 aromatic rings. The number of benzene rings is 2. The summed E-state index contributed by atoms with van der Waals surface area (Å²) in [6.45, 7) is 3.70. The van der Waals surface area contributed by atoms with E-state index in [-0.39, 0.29) is 11.9 Å². The van der Waals surface area contributed by atoms with Gasteiger partial charge in [-0.25, -0.2) is 4.39 Å². The second-order valence-corrected chi connectivity index (χ2v) is 6.05. The molecule has 0 amide bonds. The quantitative estimate of drug-likeness (QED) is 0.851. The summed E-state index contributed by atoms with van der Waals surface area (Å²) in [5.74, 6) is -0.200. The zero-order valence-electron chi connectivity index (χ0n) is 12.3. The molecule has 2 nitrogen and oxygen atoms in total. The number of rotatable bonds is 4. The molecule has 2 aromatic carbocycles.